The zero-order chi connectivity index (χ0) is 18.2. The predicted molar refractivity (Wildman–Crippen MR) is 99.9 cm³/mol. The number of nitrogens with one attached hydrogen (secondary N) is 1. The molecule has 0 unspecified atom stereocenters. The van der Waals surface area contributed by atoms with Crippen LogP contribution in [0.2, 0.25) is 0 Å². The van der Waals surface area contributed by atoms with E-state index in [1.54, 1.807) is 0 Å². The summed E-state index contributed by atoms with van der Waals surface area (Å²) in [5, 5.41) is 3.21. The molecule has 1 aliphatic heterocycles. The average Bonchev–Trinajstić information content (AvgIpc) is 3.05. The maximum Gasteiger partial charge on any atom is 0.315 e. The Bertz CT molecular complexity index is 806. The lowest BCUT2D eigenvalue weighted by atomic mass is 9.58. The second kappa shape index (κ2) is 6.53. The highest BCUT2D eigenvalue weighted by atomic mass is 16.5. The van der Waals surface area contributed by atoms with E-state index in [1.165, 1.54) is 12.7 Å². The van der Waals surface area contributed by atoms with Crippen molar-refractivity contribution >= 4 is 5.97 Å². The van der Waals surface area contributed by atoms with Gasteiger partial charge in [-0.05, 0) is 43.0 Å². The first-order valence-electron chi connectivity index (χ1n) is 9.23. The zero-order valence-corrected chi connectivity index (χ0v) is 15.3. The summed E-state index contributed by atoms with van der Waals surface area (Å²) >= 11 is 0. The van der Waals surface area contributed by atoms with Crippen LogP contribution >= 0.6 is 0 Å². The van der Waals surface area contributed by atoms with Gasteiger partial charge in [-0.1, -0.05) is 54.6 Å². The molecule has 0 radical (unpaired) electrons. The van der Waals surface area contributed by atoms with Gasteiger partial charge in [0, 0.05) is 6.54 Å². The molecule has 3 atom stereocenters. The molecule has 1 heterocycles. The number of carbonyl (C=O) groups excluding carboxylic acids is 1. The number of hydrogen-bond acceptors (Lipinski definition) is 4. The fraction of sp³-hybridized carbons (Fsp3) is 0.409. The Morgan fingerprint density at radius 3 is 2.65 bits per heavy atom. The van der Waals surface area contributed by atoms with Gasteiger partial charge in [0.15, 0.2) is 0 Å². The van der Waals surface area contributed by atoms with Crippen molar-refractivity contribution < 1.29 is 14.3 Å². The van der Waals surface area contributed by atoms with E-state index in [1.807, 2.05) is 31.3 Å². The van der Waals surface area contributed by atoms with Crippen LogP contribution in [0.1, 0.15) is 29.5 Å². The number of benzene rings is 2. The van der Waals surface area contributed by atoms with Gasteiger partial charge in [0.1, 0.15) is 11.0 Å². The van der Waals surface area contributed by atoms with Gasteiger partial charge in [-0.25, -0.2) is 0 Å². The molecular formula is C22H25NO3. The standard InChI is InChI=1S/C22H25NO3/c1-23-15-18-14-21(20(24)25-2)13-12-16-8-6-7-11-19(16)22(21,26-18)17-9-4-3-5-10-17/h3-11,18,23H,12-15H2,1-2H3/t18-,21+,22+/m1/s1. The topological polar surface area (TPSA) is 47.6 Å². The van der Waals surface area contributed by atoms with Gasteiger partial charge in [-0.15, -0.1) is 0 Å². The summed E-state index contributed by atoms with van der Waals surface area (Å²) in [6.07, 6.45) is 2.19. The summed E-state index contributed by atoms with van der Waals surface area (Å²) in [6.45, 7) is 0.704. The molecule has 1 aliphatic carbocycles. The van der Waals surface area contributed by atoms with Crippen LogP contribution in [0.15, 0.2) is 54.6 Å². The average molecular weight is 351 g/mol. The van der Waals surface area contributed by atoms with Crippen LogP contribution in [-0.4, -0.2) is 32.8 Å². The van der Waals surface area contributed by atoms with Crippen LogP contribution in [0.5, 0.6) is 0 Å². The van der Waals surface area contributed by atoms with Crippen molar-refractivity contribution in [2.24, 2.45) is 5.41 Å². The fourth-order valence-corrected chi connectivity index (χ4v) is 5.00. The normalized spacial score (nSPS) is 29.7. The van der Waals surface area contributed by atoms with Gasteiger partial charge in [0.2, 0.25) is 0 Å². The second-order valence-electron chi connectivity index (χ2n) is 7.28. The fourth-order valence-electron chi connectivity index (χ4n) is 5.00. The van der Waals surface area contributed by atoms with Crippen molar-refractivity contribution in [1.82, 2.24) is 5.32 Å². The summed E-state index contributed by atoms with van der Waals surface area (Å²) in [4.78, 5) is 13.2. The van der Waals surface area contributed by atoms with E-state index < -0.39 is 11.0 Å². The Labute approximate surface area is 154 Å². The molecule has 2 aliphatic rings. The van der Waals surface area contributed by atoms with E-state index in [2.05, 4.69) is 35.6 Å². The largest absolute Gasteiger partial charge is 0.468 e. The monoisotopic (exact) mass is 351 g/mol. The molecule has 0 bridgehead atoms. The van der Waals surface area contributed by atoms with Crippen LogP contribution in [0, 0.1) is 5.41 Å². The highest BCUT2D eigenvalue weighted by molar-refractivity contribution is 5.81. The van der Waals surface area contributed by atoms with Crippen molar-refractivity contribution in [2.45, 2.75) is 31.0 Å². The van der Waals surface area contributed by atoms with Gasteiger partial charge in [0.25, 0.3) is 0 Å². The molecular weight excluding hydrogens is 326 g/mol. The van der Waals surface area contributed by atoms with E-state index in [0.717, 1.165) is 24.0 Å². The number of hydrogen-bond donors (Lipinski definition) is 1. The Kier molecular flexibility index (Phi) is 4.33. The third kappa shape index (κ3) is 2.25. The second-order valence-corrected chi connectivity index (χ2v) is 7.28. The van der Waals surface area contributed by atoms with Crippen molar-refractivity contribution in [1.29, 1.82) is 0 Å². The Morgan fingerprint density at radius 1 is 1.19 bits per heavy atom. The summed E-state index contributed by atoms with van der Waals surface area (Å²) < 4.78 is 12.1. The first-order valence-corrected chi connectivity index (χ1v) is 9.23. The van der Waals surface area contributed by atoms with E-state index in [0.29, 0.717) is 13.0 Å². The lowest BCUT2D eigenvalue weighted by molar-refractivity contribution is -0.165. The van der Waals surface area contributed by atoms with Crippen LogP contribution in [-0.2, 0) is 26.3 Å². The number of methoxy groups -OCH3 is 1. The summed E-state index contributed by atoms with van der Waals surface area (Å²) in [5.41, 5.74) is 1.86. The van der Waals surface area contributed by atoms with Crippen LogP contribution in [0.4, 0.5) is 0 Å². The summed E-state index contributed by atoms with van der Waals surface area (Å²) in [6, 6.07) is 18.5. The van der Waals surface area contributed by atoms with E-state index in [9.17, 15) is 4.79 Å². The Balaban J connectivity index is 2.01. The molecule has 2 aromatic rings. The molecule has 1 N–H and O–H groups in total. The van der Waals surface area contributed by atoms with Gasteiger partial charge < -0.3 is 14.8 Å². The minimum atomic E-state index is -0.808. The minimum absolute atomic E-state index is 0.0505. The number of rotatable bonds is 4. The highest BCUT2D eigenvalue weighted by Gasteiger charge is 2.67. The smallest absolute Gasteiger partial charge is 0.315 e. The molecule has 1 fully saturated rings. The number of esters is 1. The van der Waals surface area contributed by atoms with Crippen molar-refractivity contribution in [3.05, 3.63) is 71.3 Å². The summed E-state index contributed by atoms with van der Waals surface area (Å²) in [7, 11) is 3.40. The first-order chi connectivity index (χ1) is 12.7. The number of fused-ring (bicyclic) bond motifs is 3. The quantitative estimate of drug-likeness (QED) is 0.860. The summed E-state index contributed by atoms with van der Waals surface area (Å²) in [5.74, 6) is -0.172. The molecule has 1 saturated heterocycles. The predicted octanol–water partition coefficient (Wildman–Crippen LogP) is 3.04. The van der Waals surface area contributed by atoms with E-state index in [-0.39, 0.29) is 12.1 Å². The SMILES string of the molecule is CNC[C@H]1C[C@]2(C(=O)OC)CCc3ccccc3[C@]2(c2ccccc2)O1. The van der Waals surface area contributed by atoms with E-state index >= 15 is 0 Å². The lowest BCUT2D eigenvalue weighted by Crippen LogP contribution is -2.52. The van der Waals surface area contributed by atoms with Gasteiger partial charge in [0.05, 0.1) is 13.2 Å². The van der Waals surface area contributed by atoms with Crippen LogP contribution < -0.4 is 5.32 Å². The molecule has 2 aromatic carbocycles. The van der Waals surface area contributed by atoms with E-state index in [4.69, 9.17) is 9.47 Å². The van der Waals surface area contributed by atoms with Gasteiger partial charge in [-0.2, -0.15) is 0 Å². The minimum Gasteiger partial charge on any atom is -0.468 e. The molecule has 4 heteroatoms. The van der Waals surface area contributed by atoms with Crippen molar-refractivity contribution in [3.63, 3.8) is 0 Å². The highest BCUT2D eigenvalue weighted by Crippen LogP contribution is 2.62. The molecule has 0 amide bonds. The number of carbonyl (C=O) groups is 1. The lowest BCUT2D eigenvalue weighted by Gasteiger charge is -2.47. The number of aryl methyl sites for hydroxylation is 1. The molecule has 0 aromatic heterocycles. The Morgan fingerprint density at radius 2 is 1.92 bits per heavy atom. The third-order valence-corrected chi connectivity index (χ3v) is 6.00. The Hall–Kier alpha value is -2.17. The number of ether oxygens (including phenoxy) is 2. The molecule has 26 heavy (non-hydrogen) atoms. The molecule has 4 rings (SSSR count). The van der Waals surface area contributed by atoms with Gasteiger partial charge in [-0.3, -0.25) is 4.79 Å². The number of likely N-dealkylation sites (N-methyl/N-ethyl adjacent to an activating group) is 1. The molecule has 0 spiro atoms. The molecule has 136 valence electrons. The first kappa shape index (κ1) is 17.3. The van der Waals surface area contributed by atoms with Crippen molar-refractivity contribution in [3.8, 4) is 0 Å². The zero-order valence-electron chi connectivity index (χ0n) is 15.3. The third-order valence-electron chi connectivity index (χ3n) is 6.00. The maximum absolute atomic E-state index is 13.2. The maximum atomic E-state index is 13.2. The molecule has 4 nitrogen and oxygen atoms in total. The van der Waals surface area contributed by atoms with Crippen molar-refractivity contribution in [2.75, 3.05) is 20.7 Å². The van der Waals surface area contributed by atoms with Crippen LogP contribution in [0.25, 0.3) is 0 Å². The van der Waals surface area contributed by atoms with Gasteiger partial charge >= 0.3 is 5.97 Å². The van der Waals surface area contributed by atoms with Crippen LogP contribution in [0.3, 0.4) is 0 Å². The molecule has 0 saturated carbocycles.